The normalized spacial score (nSPS) is 12.7. The first-order valence-electron chi connectivity index (χ1n) is 6.10. The molecule has 2 aromatic rings. The average Bonchev–Trinajstić information content (AvgIpc) is 2.38. The maximum Gasteiger partial charge on any atom is 0.133 e. The van der Waals surface area contributed by atoms with Gasteiger partial charge in [0.2, 0.25) is 0 Å². The van der Waals surface area contributed by atoms with Crippen LogP contribution in [0, 0.1) is 6.92 Å². The Morgan fingerprint density at radius 1 is 1.00 bits per heavy atom. The van der Waals surface area contributed by atoms with Crippen LogP contribution >= 0.6 is 0 Å². The number of nitrogens with zero attached hydrogens (tertiary/aromatic N) is 1. The fourth-order valence-electron chi connectivity index (χ4n) is 2.06. The van der Waals surface area contributed by atoms with Gasteiger partial charge in [-0.2, -0.15) is 0 Å². The van der Waals surface area contributed by atoms with Crippen molar-refractivity contribution in [3.63, 3.8) is 0 Å². The van der Waals surface area contributed by atoms with E-state index in [9.17, 15) is 5.11 Å². The van der Waals surface area contributed by atoms with Gasteiger partial charge in [-0.1, -0.05) is 42.5 Å². The highest BCUT2D eigenvalue weighted by Gasteiger charge is 2.10. The fraction of sp³-hybridized carbons (Fsp3) is 0.250. The van der Waals surface area contributed by atoms with Gasteiger partial charge < -0.3 is 5.11 Å². The van der Waals surface area contributed by atoms with Gasteiger partial charge in [0, 0.05) is 0 Å². The van der Waals surface area contributed by atoms with Crippen LogP contribution in [0.4, 0.5) is 0 Å². The van der Waals surface area contributed by atoms with Gasteiger partial charge in [-0.25, -0.2) is 0 Å². The molecule has 1 N–H and O–H groups in total. The number of aliphatic hydroxyl groups is 1. The third kappa shape index (κ3) is 2.61. The fourth-order valence-corrected chi connectivity index (χ4v) is 2.06. The largest absolute Gasteiger partial charge is 0.374 e. The number of aryl methyl sites for hydroxylation is 1. The lowest BCUT2D eigenvalue weighted by Crippen LogP contribution is -2.19. The minimum atomic E-state index is -0.561. The van der Waals surface area contributed by atoms with Crippen LogP contribution in [0.1, 0.15) is 17.4 Å². The predicted molar refractivity (Wildman–Crippen MR) is 75.3 cm³/mol. The summed E-state index contributed by atoms with van der Waals surface area (Å²) in [6, 6.07) is 16.4. The van der Waals surface area contributed by atoms with Gasteiger partial charge >= 0.3 is 0 Å². The van der Waals surface area contributed by atoms with Crippen molar-refractivity contribution in [3.05, 3.63) is 59.7 Å². The molecule has 0 aliphatic carbocycles. The molecule has 0 bridgehead atoms. The smallest absolute Gasteiger partial charge is 0.133 e. The minimum absolute atomic E-state index is 0.561. The summed E-state index contributed by atoms with van der Waals surface area (Å²) < 4.78 is 0. The van der Waals surface area contributed by atoms with Crippen molar-refractivity contribution >= 4 is 0 Å². The SMILES string of the molecule is Cc1ccccc1-c1cccc(C(O)N(C)C)c1. The molecule has 2 nitrogen and oxygen atoms in total. The van der Waals surface area contributed by atoms with E-state index in [-0.39, 0.29) is 0 Å². The van der Waals surface area contributed by atoms with Gasteiger partial charge in [0.15, 0.2) is 0 Å². The monoisotopic (exact) mass is 241 g/mol. The summed E-state index contributed by atoms with van der Waals surface area (Å²) in [6.45, 7) is 2.10. The number of benzene rings is 2. The molecule has 1 unspecified atom stereocenters. The Morgan fingerprint density at radius 2 is 1.72 bits per heavy atom. The van der Waals surface area contributed by atoms with E-state index >= 15 is 0 Å². The van der Waals surface area contributed by atoms with E-state index in [1.54, 1.807) is 4.90 Å². The molecule has 0 saturated heterocycles. The van der Waals surface area contributed by atoms with Crippen LogP contribution in [0.5, 0.6) is 0 Å². The Morgan fingerprint density at radius 3 is 2.39 bits per heavy atom. The lowest BCUT2D eigenvalue weighted by atomic mass is 9.98. The summed E-state index contributed by atoms with van der Waals surface area (Å²) in [4.78, 5) is 1.79. The molecule has 0 aliphatic rings. The number of rotatable bonds is 3. The molecule has 2 aromatic carbocycles. The van der Waals surface area contributed by atoms with Gasteiger partial charge in [0.25, 0.3) is 0 Å². The van der Waals surface area contributed by atoms with Crippen LogP contribution in [0.2, 0.25) is 0 Å². The van der Waals surface area contributed by atoms with Crippen LogP contribution in [-0.4, -0.2) is 24.1 Å². The Hall–Kier alpha value is -1.64. The van der Waals surface area contributed by atoms with Crippen molar-refractivity contribution in [1.82, 2.24) is 4.90 Å². The molecule has 0 amide bonds. The molecule has 0 heterocycles. The molecular weight excluding hydrogens is 222 g/mol. The minimum Gasteiger partial charge on any atom is -0.374 e. The number of hydrogen-bond donors (Lipinski definition) is 1. The average molecular weight is 241 g/mol. The maximum atomic E-state index is 10.1. The summed E-state index contributed by atoms with van der Waals surface area (Å²) in [5, 5.41) is 10.1. The lowest BCUT2D eigenvalue weighted by Gasteiger charge is -2.19. The van der Waals surface area contributed by atoms with Gasteiger partial charge in [-0.3, -0.25) is 4.90 Å². The number of aliphatic hydroxyl groups excluding tert-OH is 1. The van der Waals surface area contributed by atoms with E-state index < -0.39 is 6.23 Å². The zero-order chi connectivity index (χ0) is 13.1. The molecule has 0 spiro atoms. The van der Waals surface area contributed by atoms with Gasteiger partial charge in [-0.05, 0) is 49.3 Å². The molecule has 0 saturated carbocycles. The van der Waals surface area contributed by atoms with E-state index in [1.165, 1.54) is 11.1 Å². The Kier molecular flexibility index (Phi) is 3.80. The summed E-state index contributed by atoms with van der Waals surface area (Å²) in [5.41, 5.74) is 4.52. The highest BCUT2D eigenvalue weighted by Crippen LogP contribution is 2.26. The lowest BCUT2D eigenvalue weighted by molar-refractivity contribution is 0.0396. The van der Waals surface area contributed by atoms with E-state index in [4.69, 9.17) is 0 Å². The van der Waals surface area contributed by atoms with Crippen molar-refractivity contribution in [2.24, 2.45) is 0 Å². The van der Waals surface area contributed by atoms with Crippen LogP contribution in [0.3, 0.4) is 0 Å². The Balaban J connectivity index is 2.42. The van der Waals surface area contributed by atoms with E-state index in [2.05, 4.69) is 25.1 Å². The van der Waals surface area contributed by atoms with Crippen molar-refractivity contribution in [2.45, 2.75) is 13.2 Å². The summed E-state index contributed by atoms with van der Waals surface area (Å²) >= 11 is 0. The summed E-state index contributed by atoms with van der Waals surface area (Å²) in [6.07, 6.45) is -0.561. The predicted octanol–water partition coefficient (Wildman–Crippen LogP) is 3.21. The van der Waals surface area contributed by atoms with Gasteiger partial charge in [0.05, 0.1) is 0 Å². The molecule has 1 atom stereocenters. The Labute approximate surface area is 109 Å². The van der Waals surface area contributed by atoms with Crippen molar-refractivity contribution < 1.29 is 5.11 Å². The first kappa shape index (κ1) is 12.8. The maximum absolute atomic E-state index is 10.1. The van der Waals surface area contributed by atoms with Crippen LogP contribution in [-0.2, 0) is 0 Å². The molecule has 94 valence electrons. The third-order valence-corrected chi connectivity index (χ3v) is 3.13. The number of hydrogen-bond acceptors (Lipinski definition) is 2. The second kappa shape index (κ2) is 5.34. The summed E-state index contributed by atoms with van der Waals surface area (Å²) in [7, 11) is 3.73. The quantitative estimate of drug-likeness (QED) is 0.834. The second-order valence-electron chi connectivity index (χ2n) is 4.78. The van der Waals surface area contributed by atoms with Gasteiger partial charge in [0.1, 0.15) is 6.23 Å². The van der Waals surface area contributed by atoms with Crippen molar-refractivity contribution in [3.8, 4) is 11.1 Å². The molecule has 2 heteroatoms. The highest BCUT2D eigenvalue weighted by molar-refractivity contribution is 5.67. The first-order chi connectivity index (χ1) is 8.59. The van der Waals surface area contributed by atoms with Crippen molar-refractivity contribution in [2.75, 3.05) is 14.1 Å². The van der Waals surface area contributed by atoms with E-state index in [0.29, 0.717) is 0 Å². The van der Waals surface area contributed by atoms with E-state index in [1.807, 2.05) is 44.4 Å². The molecule has 0 fully saturated rings. The van der Waals surface area contributed by atoms with Crippen molar-refractivity contribution in [1.29, 1.82) is 0 Å². The first-order valence-corrected chi connectivity index (χ1v) is 6.10. The zero-order valence-electron chi connectivity index (χ0n) is 11.1. The van der Waals surface area contributed by atoms with Crippen LogP contribution in [0.25, 0.3) is 11.1 Å². The van der Waals surface area contributed by atoms with Crippen LogP contribution in [0.15, 0.2) is 48.5 Å². The zero-order valence-corrected chi connectivity index (χ0v) is 11.1. The highest BCUT2D eigenvalue weighted by atomic mass is 16.3. The third-order valence-electron chi connectivity index (χ3n) is 3.13. The molecule has 2 rings (SSSR count). The molecule has 0 aliphatic heterocycles. The second-order valence-corrected chi connectivity index (χ2v) is 4.78. The van der Waals surface area contributed by atoms with Gasteiger partial charge in [-0.15, -0.1) is 0 Å². The molecule has 0 radical (unpaired) electrons. The topological polar surface area (TPSA) is 23.5 Å². The summed E-state index contributed by atoms with van der Waals surface area (Å²) in [5.74, 6) is 0. The Bertz CT molecular complexity index is 534. The van der Waals surface area contributed by atoms with E-state index in [0.717, 1.165) is 11.1 Å². The molecule has 18 heavy (non-hydrogen) atoms. The molecule has 0 aromatic heterocycles. The standard InChI is InChI=1S/C16H19NO/c1-12-7-4-5-10-15(12)13-8-6-9-14(11-13)16(18)17(2)3/h4-11,16,18H,1-3H3. The molecular formula is C16H19NO. The van der Waals surface area contributed by atoms with Crippen LogP contribution < -0.4 is 0 Å².